The zero-order chi connectivity index (χ0) is 16.1. The molecule has 1 atom stereocenters. The van der Waals surface area contributed by atoms with Gasteiger partial charge < -0.3 is 14.9 Å². The van der Waals surface area contributed by atoms with E-state index >= 15 is 0 Å². The van der Waals surface area contributed by atoms with Crippen molar-refractivity contribution < 1.29 is 9.90 Å². The van der Waals surface area contributed by atoms with Gasteiger partial charge in [-0.2, -0.15) is 5.10 Å². The summed E-state index contributed by atoms with van der Waals surface area (Å²) in [6, 6.07) is 3.93. The Balaban J connectivity index is 1.92. The average molecular weight is 306 g/mol. The molecule has 1 aromatic rings. The molecule has 0 saturated carbocycles. The van der Waals surface area contributed by atoms with Gasteiger partial charge in [-0.3, -0.25) is 4.79 Å². The first-order valence-corrected chi connectivity index (χ1v) is 7.98. The highest BCUT2D eigenvalue weighted by Crippen LogP contribution is 2.15. The molecule has 1 aromatic heterocycles. The highest BCUT2D eigenvalue weighted by Gasteiger charge is 2.23. The molecule has 1 fully saturated rings. The van der Waals surface area contributed by atoms with Crippen LogP contribution in [0, 0.1) is 12.8 Å². The number of hydrogen-bond donors (Lipinski definition) is 1. The second-order valence-electron chi connectivity index (χ2n) is 6.27. The Labute approximate surface area is 132 Å². The molecule has 6 nitrogen and oxygen atoms in total. The third kappa shape index (κ3) is 4.40. The molecule has 6 heteroatoms. The van der Waals surface area contributed by atoms with Crippen LogP contribution in [-0.2, 0) is 4.79 Å². The topological polar surface area (TPSA) is 69.6 Å². The molecule has 122 valence electrons. The van der Waals surface area contributed by atoms with Crippen molar-refractivity contribution >= 4 is 11.7 Å². The molecule has 1 amide bonds. The normalized spacial score (nSPS) is 17.5. The van der Waals surface area contributed by atoms with Crippen molar-refractivity contribution in [2.75, 3.05) is 31.1 Å². The first kappa shape index (κ1) is 16.7. The summed E-state index contributed by atoms with van der Waals surface area (Å²) in [6.07, 6.45) is 0.552. The molecule has 1 aliphatic heterocycles. The molecular formula is C16H26N4O2. The fourth-order valence-corrected chi connectivity index (χ4v) is 2.50. The van der Waals surface area contributed by atoms with Gasteiger partial charge in [-0.1, -0.05) is 13.8 Å². The van der Waals surface area contributed by atoms with Crippen LogP contribution in [0.5, 0.6) is 0 Å². The zero-order valence-corrected chi connectivity index (χ0v) is 13.7. The lowest BCUT2D eigenvalue weighted by molar-refractivity contribution is -0.133. The van der Waals surface area contributed by atoms with Crippen molar-refractivity contribution in [1.29, 1.82) is 0 Å². The van der Waals surface area contributed by atoms with Crippen molar-refractivity contribution in [2.24, 2.45) is 5.92 Å². The molecule has 1 N–H and O–H groups in total. The van der Waals surface area contributed by atoms with Gasteiger partial charge in [0.25, 0.3) is 0 Å². The van der Waals surface area contributed by atoms with E-state index in [0.717, 1.165) is 37.6 Å². The van der Waals surface area contributed by atoms with E-state index in [4.69, 9.17) is 0 Å². The number of carbonyl (C=O) groups excluding carboxylic acids is 1. The summed E-state index contributed by atoms with van der Waals surface area (Å²) in [5, 5.41) is 18.2. The Kier molecular flexibility index (Phi) is 5.71. The van der Waals surface area contributed by atoms with Crippen molar-refractivity contribution in [3.63, 3.8) is 0 Å². The van der Waals surface area contributed by atoms with Crippen LogP contribution >= 0.6 is 0 Å². The van der Waals surface area contributed by atoms with Gasteiger partial charge in [0.05, 0.1) is 18.2 Å². The predicted molar refractivity (Wildman–Crippen MR) is 85.6 cm³/mol. The minimum Gasteiger partial charge on any atom is -0.392 e. The molecule has 0 aliphatic carbocycles. The van der Waals surface area contributed by atoms with Crippen LogP contribution in [-0.4, -0.2) is 58.4 Å². The number of rotatable bonds is 4. The van der Waals surface area contributed by atoms with Gasteiger partial charge in [-0.15, -0.1) is 5.10 Å². The van der Waals surface area contributed by atoms with Crippen molar-refractivity contribution in [2.45, 2.75) is 39.7 Å². The highest BCUT2D eigenvalue weighted by atomic mass is 16.3. The van der Waals surface area contributed by atoms with Crippen molar-refractivity contribution in [3.8, 4) is 0 Å². The average Bonchev–Trinajstić information content (AvgIpc) is 2.74. The molecular weight excluding hydrogens is 280 g/mol. The van der Waals surface area contributed by atoms with Crippen LogP contribution in [0.15, 0.2) is 12.1 Å². The van der Waals surface area contributed by atoms with Gasteiger partial charge >= 0.3 is 0 Å². The summed E-state index contributed by atoms with van der Waals surface area (Å²) in [5.41, 5.74) is 0.901. The largest absolute Gasteiger partial charge is 0.392 e. The standard InChI is InChI=1S/C16H26N4O2/c1-12(2)14(21)11-16(22)20-8-4-7-19(9-10-20)15-6-5-13(3)17-18-15/h5-6,12,14,21H,4,7-11H2,1-3H3. The van der Waals surface area contributed by atoms with Gasteiger partial charge in [0.15, 0.2) is 5.82 Å². The molecule has 0 bridgehead atoms. The lowest BCUT2D eigenvalue weighted by Crippen LogP contribution is -2.37. The quantitative estimate of drug-likeness (QED) is 0.906. The van der Waals surface area contributed by atoms with Gasteiger partial charge in [0, 0.05) is 26.2 Å². The minimum absolute atomic E-state index is 0.0399. The third-order valence-electron chi connectivity index (χ3n) is 4.11. The van der Waals surface area contributed by atoms with E-state index in [0.29, 0.717) is 6.54 Å². The van der Waals surface area contributed by atoms with Crippen LogP contribution < -0.4 is 4.90 Å². The number of hydrogen-bond acceptors (Lipinski definition) is 5. The Bertz CT molecular complexity index is 489. The summed E-state index contributed by atoms with van der Waals surface area (Å²) in [7, 11) is 0. The maximum Gasteiger partial charge on any atom is 0.225 e. The van der Waals surface area contributed by atoms with Gasteiger partial charge in [0.1, 0.15) is 0 Å². The lowest BCUT2D eigenvalue weighted by Gasteiger charge is -2.24. The van der Waals surface area contributed by atoms with E-state index in [-0.39, 0.29) is 18.2 Å². The fraction of sp³-hybridized carbons (Fsp3) is 0.688. The molecule has 2 heterocycles. The second-order valence-corrected chi connectivity index (χ2v) is 6.27. The van der Waals surface area contributed by atoms with E-state index in [1.54, 1.807) is 0 Å². The van der Waals surface area contributed by atoms with E-state index in [1.165, 1.54) is 0 Å². The van der Waals surface area contributed by atoms with Crippen LogP contribution in [0.1, 0.15) is 32.4 Å². The first-order valence-electron chi connectivity index (χ1n) is 7.98. The van der Waals surface area contributed by atoms with Crippen molar-refractivity contribution in [1.82, 2.24) is 15.1 Å². The fourth-order valence-electron chi connectivity index (χ4n) is 2.50. The molecule has 0 spiro atoms. The van der Waals surface area contributed by atoms with Gasteiger partial charge in [0.2, 0.25) is 5.91 Å². The molecule has 0 aromatic carbocycles. The molecule has 2 rings (SSSR count). The first-order chi connectivity index (χ1) is 10.5. The molecule has 1 saturated heterocycles. The Hall–Kier alpha value is -1.69. The lowest BCUT2D eigenvalue weighted by atomic mass is 10.0. The molecule has 22 heavy (non-hydrogen) atoms. The van der Waals surface area contributed by atoms with E-state index in [2.05, 4.69) is 15.1 Å². The second kappa shape index (κ2) is 7.54. The summed E-state index contributed by atoms with van der Waals surface area (Å²) < 4.78 is 0. The van der Waals surface area contributed by atoms with Crippen LogP contribution in [0.2, 0.25) is 0 Å². The molecule has 1 unspecified atom stereocenters. The minimum atomic E-state index is -0.560. The van der Waals surface area contributed by atoms with Gasteiger partial charge in [-0.25, -0.2) is 0 Å². The van der Waals surface area contributed by atoms with Gasteiger partial charge in [-0.05, 0) is 31.4 Å². The molecule has 1 aliphatic rings. The monoisotopic (exact) mass is 306 g/mol. The Morgan fingerprint density at radius 2 is 2.00 bits per heavy atom. The van der Waals surface area contributed by atoms with Crippen LogP contribution in [0.3, 0.4) is 0 Å². The predicted octanol–water partition coefficient (Wildman–Crippen LogP) is 1.23. The summed E-state index contributed by atoms with van der Waals surface area (Å²) in [6.45, 7) is 8.80. The number of nitrogens with zero attached hydrogens (tertiary/aromatic N) is 4. The maximum absolute atomic E-state index is 12.3. The number of aliphatic hydroxyl groups excluding tert-OH is 1. The van der Waals surface area contributed by atoms with Crippen molar-refractivity contribution in [3.05, 3.63) is 17.8 Å². The number of anilines is 1. The smallest absolute Gasteiger partial charge is 0.225 e. The maximum atomic E-state index is 12.3. The van der Waals surface area contributed by atoms with E-state index < -0.39 is 6.10 Å². The summed E-state index contributed by atoms with van der Waals surface area (Å²) in [4.78, 5) is 16.3. The van der Waals surface area contributed by atoms with Crippen LogP contribution in [0.25, 0.3) is 0 Å². The SMILES string of the molecule is Cc1ccc(N2CCCN(C(=O)CC(O)C(C)C)CC2)nn1. The summed E-state index contributed by atoms with van der Waals surface area (Å²) >= 11 is 0. The highest BCUT2D eigenvalue weighted by molar-refractivity contribution is 5.76. The zero-order valence-electron chi connectivity index (χ0n) is 13.7. The Morgan fingerprint density at radius 3 is 2.64 bits per heavy atom. The number of aliphatic hydroxyl groups is 1. The van der Waals surface area contributed by atoms with Crippen LogP contribution in [0.4, 0.5) is 5.82 Å². The number of carbonyl (C=O) groups is 1. The van der Waals surface area contributed by atoms with E-state index in [9.17, 15) is 9.90 Å². The number of aromatic nitrogens is 2. The number of amides is 1. The summed E-state index contributed by atoms with van der Waals surface area (Å²) in [5.74, 6) is 1.01. The molecule has 0 radical (unpaired) electrons. The third-order valence-corrected chi connectivity index (χ3v) is 4.11. The van der Waals surface area contributed by atoms with E-state index in [1.807, 2.05) is 37.8 Å². The number of aryl methyl sites for hydroxylation is 1. The Morgan fingerprint density at radius 1 is 1.23 bits per heavy atom.